The molecule has 0 N–H and O–H groups in total. The largest absolute Gasteiger partial charge is 0.476 e. The van der Waals surface area contributed by atoms with Crippen molar-refractivity contribution in [3.8, 4) is 18.0 Å². The highest BCUT2D eigenvalue weighted by Crippen LogP contribution is 2.51. The Balaban J connectivity index is 1.38. The second-order valence-corrected chi connectivity index (χ2v) is 14.2. The monoisotopic (exact) mass is 762 g/mol. The van der Waals surface area contributed by atoms with Gasteiger partial charge in [-0.2, -0.15) is 15.2 Å². The molecule has 5 rings (SSSR count). The molecule has 0 fully saturated rings. The van der Waals surface area contributed by atoms with Crippen molar-refractivity contribution in [1.29, 1.82) is 5.26 Å². The van der Waals surface area contributed by atoms with Crippen LogP contribution in [0.25, 0.3) is 11.2 Å². The lowest BCUT2D eigenvalue weighted by Gasteiger charge is -2.35. The van der Waals surface area contributed by atoms with E-state index < -0.39 is 24.6 Å². The summed E-state index contributed by atoms with van der Waals surface area (Å²) in [6, 6.07) is 14.9. The van der Waals surface area contributed by atoms with Crippen molar-refractivity contribution in [3.05, 3.63) is 97.7 Å². The van der Waals surface area contributed by atoms with Gasteiger partial charge >= 0.3 is 14.5 Å². The highest BCUT2D eigenvalue weighted by molar-refractivity contribution is 7.44. The second kappa shape index (κ2) is 18.6. The highest BCUT2D eigenvalue weighted by atomic mass is 31.2. The number of rotatable bonds is 20. The third-order valence-electron chi connectivity index (χ3n) is 8.35. The number of hydrogen-bond donors (Lipinski definition) is 0. The first-order chi connectivity index (χ1) is 26.0. The standard InChI is InChI=1S/C36H43N8O9P/c1-6-30-31(53-54(51-19-7-18-37)42(24(2)3)25(4)5)22-32(52-30)41-23-38-33-34(41)39-36(50-21-17-27-10-14-29(15-11-27)44(47)48)40-35(33)49-20-16-26-8-12-28(13-9-26)43(45)46/h8-15,23-25,32H,6-7,16-17,19-22H2,1-5H3/t32-,54?/m1/s1. The van der Waals surface area contributed by atoms with E-state index in [1.54, 1.807) is 35.2 Å². The Hall–Kier alpha value is -5.43. The number of nitro groups is 2. The molecule has 18 heteroatoms. The molecule has 286 valence electrons. The number of nitro benzene ring substituents is 2. The average molecular weight is 763 g/mol. The van der Waals surface area contributed by atoms with Crippen LogP contribution >= 0.6 is 8.53 Å². The number of fused-ring (bicyclic) bond motifs is 1. The van der Waals surface area contributed by atoms with Gasteiger partial charge in [0.05, 0.1) is 48.6 Å². The van der Waals surface area contributed by atoms with Crippen LogP contribution in [0.4, 0.5) is 11.4 Å². The molecular formula is C36H43N8O9P. The number of imidazole rings is 1. The van der Waals surface area contributed by atoms with Gasteiger partial charge in [-0.15, -0.1) is 0 Å². The lowest BCUT2D eigenvalue weighted by atomic mass is 10.1. The number of non-ortho nitro benzene ring substituents is 2. The molecule has 17 nitrogen and oxygen atoms in total. The zero-order valence-electron chi connectivity index (χ0n) is 30.8. The van der Waals surface area contributed by atoms with Crippen molar-refractivity contribution >= 4 is 31.1 Å². The lowest BCUT2D eigenvalue weighted by molar-refractivity contribution is -0.385. The minimum absolute atomic E-state index is 0.000878. The van der Waals surface area contributed by atoms with Gasteiger partial charge in [-0.05, 0) is 38.8 Å². The van der Waals surface area contributed by atoms with Gasteiger partial charge in [0, 0.05) is 55.6 Å². The van der Waals surface area contributed by atoms with Gasteiger partial charge in [0.2, 0.25) is 5.88 Å². The van der Waals surface area contributed by atoms with Crippen LogP contribution in [0.3, 0.4) is 0 Å². The summed E-state index contributed by atoms with van der Waals surface area (Å²) in [6.07, 6.45) is 3.07. The molecule has 0 saturated heterocycles. The van der Waals surface area contributed by atoms with Crippen LogP contribution in [0, 0.1) is 31.6 Å². The van der Waals surface area contributed by atoms with Crippen molar-refractivity contribution < 1.29 is 33.1 Å². The number of nitriles is 1. The highest BCUT2D eigenvalue weighted by Gasteiger charge is 2.35. The molecule has 54 heavy (non-hydrogen) atoms. The van der Waals surface area contributed by atoms with Crippen molar-refractivity contribution in [3.63, 3.8) is 0 Å². The quantitative estimate of drug-likeness (QED) is 0.0366. The van der Waals surface area contributed by atoms with Crippen LogP contribution in [0.2, 0.25) is 0 Å². The number of nitrogens with zero attached hydrogens (tertiary/aromatic N) is 8. The van der Waals surface area contributed by atoms with Gasteiger partial charge in [0.25, 0.3) is 11.4 Å². The van der Waals surface area contributed by atoms with Crippen LogP contribution in [-0.4, -0.2) is 65.9 Å². The molecule has 1 aliphatic heterocycles. The summed E-state index contributed by atoms with van der Waals surface area (Å²) in [5.74, 6) is 1.49. The minimum atomic E-state index is -1.56. The van der Waals surface area contributed by atoms with Crippen molar-refractivity contribution in [2.75, 3.05) is 19.8 Å². The maximum absolute atomic E-state index is 11.1. The zero-order chi connectivity index (χ0) is 38.8. The van der Waals surface area contributed by atoms with E-state index in [2.05, 4.69) is 48.4 Å². The van der Waals surface area contributed by atoms with Gasteiger partial charge in [-0.25, -0.2) is 9.65 Å². The molecule has 0 bridgehead atoms. The number of benzene rings is 2. The van der Waals surface area contributed by atoms with Gasteiger partial charge in [-0.3, -0.25) is 24.8 Å². The van der Waals surface area contributed by atoms with E-state index in [0.717, 1.165) is 11.1 Å². The molecule has 0 amide bonds. The fraction of sp³-hybridized carbons (Fsp3) is 0.444. The molecule has 0 spiro atoms. The zero-order valence-corrected chi connectivity index (χ0v) is 31.7. The van der Waals surface area contributed by atoms with Crippen LogP contribution in [0.15, 0.2) is 66.4 Å². The molecule has 2 aromatic carbocycles. The SMILES string of the molecule is CCC1=C(OP(OCCC#N)N(C(C)C)C(C)C)C[C@H](n2cnc3c(OCCc4ccc([N+](=O)[O-])cc4)nc(OCCc4ccc([N+](=O)[O-])cc4)nc32)O1. The topological polar surface area (TPSA) is 203 Å². The van der Waals surface area contributed by atoms with Gasteiger partial charge in [0.1, 0.15) is 17.8 Å². The molecular weight excluding hydrogens is 719 g/mol. The summed E-state index contributed by atoms with van der Waals surface area (Å²) >= 11 is 0. The normalized spacial score (nSPS) is 14.8. The number of ether oxygens (including phenoxy) is 3. The van der Waals surface area contributed by atoms with E-state index in [4.69, 9.17) is 33.5 Å². The first-order valence-electron chi connectivity index (χ1n) is 17.6. The van der Waals surface area contributed by atoms with Gasteiger partial charge in [0.15, 0.2) is 17.4 Å². The molecule has 3 heterocycles. The Morgan fingerprint density at radius 1 is 0.944 bits per heavy atom. The predicted octanol–water partition coefficient (Wildman–Crippen LogP) is 7.72. The maximum Gasteiger partial charge on any atom is 0.321 e. The average Bonchev–Trinajstić information content (AvgIpc) is 3.75. The second-order valence-electron chi connectivity index (χ2n) is 12.8. The Morgan fingerprint density at radius 2 is 1.54 bits per heavy atom. The Morgan fingerprint density at radius 3 is 2.07 bits per heavy atom. The van der Waals surface area contributed by atoms with E-state index in [1.807, 2.05) is 6.92 Å². The number of aromatic nitrogens is 4. The Labute approximate surface area is 313 Å². The van der Waals surface area contributed by atoms with E-state index in [-0.39, 0.29) is 61.6 Å². The van der Waals surface area contributed by atoms with Crippen molar-refractivity contribution in [2.45, 2.75) is 85.0 Å². The van der Waals surface area contributed by atoms with Gasteiger partial charge in [-0.1, -0.05) is 31.2 Å². The number of hydrogen-bond acceptors (Lipinski definition) is 14. The van der Waals surface area contributed by atoms with Crippen LogP contribution < -0.4 is 9.47 Å². The van der Waals surface area contributed by atoms with E-state index >= 15 is 0 Å². The molecule has 4 aromatic rings. The number of allylic oxidation sites excluding steroid dienone is 1. The molecule has 2 aromatic heterocycles. The summed E-state index contributed by atoms with van der Waals surface area (Å²) in [5.41, 5.74) is 2.46. The first-order valence-corrected chi connectivity index (χ1v) is 18.7. The molecule has 2 atom stereocenters. The molecule has 1 unspecified atom stereocenters. The van der Waals surface area contributed by atoms with Crippen molar-refractivity contribution in [2.24, 2.45) is 0 Å². The molecule has 0 radical (unpaired) electrons. The third-order valence-corrected chi connectivity index (χ3v) is 10.4. The summed E-state index contributed by atoms with van der Waals surface area (Å²) < 4.78 is 35.2. The fourth-order valence-corrected chi connectivity index (χ4v) is 7.43. The third kappa shape index (κ3) is 9.95. The summed E-state index contributed by atoms with van der Waals surface area (Å²) in [4.78, 5) is 35.0. The summed E-state index contributed by atoms with van der Waals surface area (Å²) in [7, 11) is -1.56. The molecule has 1 aliphatic rings. The summed E-state index contributed by atoms with van der Waals surface area (Å²) in [6.45, 7) is 10.9. The van der Waals surface area contributed by atoms with E-state index in [0.29, 0.717) is 48.4 Å². The predicted molar refractivity (Wildman–Crippen MR) is 198 cm³/mol. The first kappa shape index (κ1) is 39.8. The van der Waals surface area contributed by atoms with Gasteiger partial charge < -0.3 is 23.3 Å². The Kier molecular flexibility index (Phi) is 13.7. The van der Waals surface area contributed by atoms with E-state index in [1.165, 1.54) is 24.3 Å². The van der Waals surface area contributed by atoms with Crippen LogP contribution in [0.1, 0.15) is 71.2 Å². The summed E-state index contributed by atoms with van der Waals surface area (Å²) in [5, 5.41) is 31.3. The molecule has 0 aliphatic carbocycles. The van der Waals surface area contributed by atoms with Crippen LogP contribution in [-0.2, 0) is 26.6 Å². The smallest absolute Gasteiger partial charge is 0.321 e. The lowest BCUT2D eigenvalue weighted by Crippen LogP contribution is -2.33. The van der Waals surface area contributed by atoms with E-state index in [9.17, 15) is 20.2 Å². The maximum atomic E-state index is 11.1. The Bertz CT molecular complexity index is 1970. The van der Waals surface area contributed by atoms with Crippen LogP contribution in [0.5, 0.6) is 11.9 Å². The van der Waals surface area contributed by atoms with Crippen molar-refractivity contribution in [1.82, 2.24) is 24.2 Å². The fourth-order valence-electron chi connectivity index (χ4n) is 5.79. The molecule has 0 saturated carbocycles. The minimum Gasteiger partial charge on any atom is -0.476 e.